The summed E-state index contributed by atoms with van der Waals surface area (Å²) in [4.78, 5) is 11.8. The summed E-state index contributed by atoms with van der Waals surface area (Å²) in [6, 6.07) is 7.43. The minimum atomic E-state index is -0.850. The zero-order valence-electron chi connectivity index (χ0n) is 9.17. The minimum Gasteiger partial charge on any atom is -0.298 e. The van der Waals surface area contributed by atoms with Gasteiger partial charge >= 0.3 is 0 Å². The van der Waals surface area contributed by atoms with Gasteiger partial charge in [-0.2, -0.15) is 5.26 Å². The van der Waals surface area contributed by atoms with E-state index in [4.69, 9.17) is 23.2 Å². The Morgan fingerprint density at radius 1 is 1.35 bits per heavy atom. The third kappa shape index (κ3) is 2.31. The fourth-order valence-corrected chi connectivity index (χ4v) is 2.59. The lowest BCUT2D eigenvalue weighted by Gasteiger charge is -2.18. The maximum atomic E-state index is 11.8. The summed E-state index contributed by atoms with van der Waals surface area (Å²) in [5.74, 6) is 0.0473. The van der Waals surface area contributed by atoms with Gasteiger partial charge in [0, 0.05) is 6.42 Å². The average molecular weight is 268 g/mol. The van der Waals surface area contributed by atoms with Crippen molar-refractivity contribution in [2.45, 2.75) is 25.7 Å². The highest BCUT2D eigenvalue weighted by Crippen LogP contribution is 2.38. The molecule has 1 saturated carbocycles. The first-order chi connectivity index (χ1) is 8.07. The Morgan fingerprint density at radius 3 is 2.65 bits per heavy atom. The lowest BCUT2D eigenvalue weighted by Crippen LogP contribution is -2.26. The molecule has 1 aromatic rings. The lowest BCUT2D eigenvalue weighted by atomic mass is 9.81. The Balaban J connectivity index is 2.28. The molecule has 1 unspecified atom stereocenters. The maximum absolute atomic E-state index is 11.8. The number of rotatable bonds is 2. The Kier molecular flexibility index (Phi) is 3.42. The number of carbonyl (C=O) groups is 1. The number of Topliss-reactive ketones (excluding diaryl/α,β-unsaturated/α-hetero) is 1. The molecule has 2 nitrogen and oxygen atoms in total. The second kappa shape index (κ2) is 4.68. The number of nitrogens with zero attached hydrogens (tertiary/aromatic N) is 1. The maximum Gasteiger partial charge on any atom is 0.153 e. The molecule has 0 aliphatic heterocycles. The van der Waals surface area contributed by atoms with Gasteiger partial charge in [0.1, 0.15) is 5.41 Å². The van der Waals surface area contributed by atoms with E-state index in [1.165, 1.54) is 0 Å². The second-order valence-corrected chi connectivity index (χ2v) is 5.21. The van der Waals surface area contributed by atoms with Crippen molar-refractivity contribution in [2.75, 3.05) is 0 Å². The molecule has 0 heterocycles. The molecule has 1 aliphatic carbocycles. The van der Waals surface area contributed by atoms with Crippen molar-refractivity contribution < 1.29 is 4.79 Å². The van der Waals surface area contributed by atoms with Crippen LogP contribution >= 0.6 is 23.2 Å². The molecule has 0 saturated heterocycles. The van der Waals surface area contributed by atoms with Gasteiger partial charge in [-0.25, -0.2) is 0 Å². The van der Waals surface area contributed by atoms with Crippen LogP contribution < -0.4 is 0 Å². The zero-order chi connectivity index (χ0) is 12.5. The lowest BCUT2D eigenvalue weighted by molar-refractivity contribution is -0.123. The van der Waals surface area contributed by atoms with Gasteiger partial charge in [0.2, 0.25) is 0 Å². The molecule has 2 rings (SSSR count). The Bertz CT molecular complexity index is 507. The highest BCUT2D eigenvalue weighted by atomic mass is 35.5. The first-order valence-corrected chi connectivity index (χ1v) is 6.21. The van der Waals surface area contributed by atoms with Crippen LogP contribution in [-0.2, 0) is 11.2 Å². The molecule has 4 heteroatoms. The highest BCUT2D eigenvalue weighted by Gasteiger charge is 2.42. The van der Waals surface area contributed by atoms with Crippen LogP contribution in [0.2, 0.25) is 10.0 Å². The molecule has 1 fully saturated rings. The van der Waals surface area contributed by atoms with Crippen molar-refractivity contribution >= 4 is 29.0 Å². The molecular formula is C13H11Cl2NO. The van der Waals surface area contributed by atoms with E-state index in [0.717, 1.165) is 12.0 Å². The van der Waals surface area contributed by atoms with E-state index in [-0.39, 0.29) is 5.78 Å². The van der Waals surface area contributed by atoms with Gasteiger partial charge in [0.25, 0.3) is 0 Å². The molecule has 0 N–H and O–H groups in total. The van der Waals surface area contributed by atoms with Crippen LogP contribution in [0.3, 0.4) is 0 Å². The number of halogens is 2. The van der Waals surface area contributed by atoms with E-state index >= 15 is 0 Å². The van der Waals surface area contributed by atoms with Gasteiger partial charge in [0.05, 0.1) is 16.1 Å². The summed E-state index contributed by atoms with van der Waals surface area (Å²) in [5.41, 5.74) is 0.0353. The van der Waals surface area contributed by atoms with Gasteiger partial charge in [-0.05, 0) is 37.0 Å². The Labute approximate surface area is 110 Å². The van der Waals surface area contributed by atoms with Gasteiger partial charge in [0.15, 0.2) is 5.78 Å². The molecule has 1 aromatic carbocycles. The normalized spacial score (nSPS) is 23.7. The minimum absolute atomic E-state index is 0.0473. The van der Waals surface area contributed by atoms with Gasteiger partial charge in [-0.15, -0.1) is 0 Å². The second-order valence-electron chi connectivity index (χ2n) is 4.40. The van der Waals surface area contributed by atoms with Crippen LogP contribution in [-0.4, -0.2) is 5.78 Å². The highest BCUT2D eigenvalue weighted by molar-refractivity contribution is 6.42. The zero-order valence-corrected chi connectivity index (χ0v) is 10.7. The fourth-order valence-electron chi connectivity index (χ4n) is 2.27. The number of carbonyl (C=O) groups excluding carboxylic acids is 1. The third-order valence-corrected chi connectivity index (χ3v) is 3.98. The predicted octanol–water partition coefficient (Wildman–Crippen LogP) is 3.80. The molecular weight excluding hydrogens is 257 g/mol. The molecule has 0 bridgehead atoms. The number of hydrogen-bond acceptors (Lipinski definition) is 2. The molecule has 17 heavy (non-hydrogen) atoms. The largest absolute Gasteiger partial charge is 0.298 e. The van der Waals surface area contributed by atoms with Crippen LogP contribution in [0.5, 0.6) is 0 Å². The van der Waals surface area contributed by atoms with Gasteiger partial charge in [-0.3, -0.25) is 4.79 Å². The number of nitriles is 1. The SMILES string of the molecule is N#CC1(Cc2ccc(Cl)c(Cl)c2)CCCC1=O. The molecule has 0 spiro atoms. The summed E-state index contributed by atoms with van der Waals surface area (Å²) in [6.45, 7) is 0. The molecule has 1 atom stereocenters. The number of hydrogen-bond donors (Lipinski definition) is 0. The van der Waals surface area contributed by atoms with Crippen molar-refractivity contribution in [1.82, 2.24) is 0 Å². The van der Waals surface area contributed by atoms with E-state index in [2.05, 4.69) is 6.07 Å². The van der Waals surface area contributed by atoms with Crippen molar-refractivity contribution in [3.05, 3.63) is 33.8 Å². The molecule has 0 aromatic heterocycles. The summed E-state index contributed by atoms with van der Waals surface area (Å²) in [7, 11) is 0. The smallest absolute Gasteiger partial charge is 0.153 e. The topological polar surface area (TPSA) is 40.9 Å². The van der Waals surface area contributed by atoms with Crippen LogP contribution in [0.25, 0.3) is 0 Å². The standard InChI is InChI=1S/C13H11Cl2NO/c14-10-4-3-9(6-11(10)15)7-13(8-16)5-1-2-12(13)17/h3-4,6H,1-2,5,7H2. The van der Waals surface area contributed by atoms with Crippen molar-refractivity contribution in [3.63, 3.8) is 0 Å². The van der Waals surface area contributed by atoms with Gasteiger partial charge < -0.3 is 0 Å². The van der Waals surface area contributed by atoms with E-state index in [1.807, 2.05) is 6.07 Å². The quantitative estimate of drug-likeness (QED) is 0.818. The number of benzene rings is 1. The molecule has 0 radical (unpaired) electrons. The molecule has 88 valence electrons. The van der Waals surface area contributed by atoms with Gasteiger partial charge in [-0.1, -0.05) is 29.3 Å². The van der Waals surface area contributed by atoms with Crippen LogP contribution in [0.1, 0.15) is 24.8 Å². The molecule has 0 amide bonds. The van der Waals surface area contributed by atoms with E-state index in [1.54, 1.807) is 12.1 Å². The molecule has 1 aliphatic rings. The summed E-state index contributed by atoms with van der Waals surface area (Å²) >= 11 is 11.8. The first kappa shape index (κ1) is 12.4. The van der Waals surface area contributed by atoms with E-state index in [0.29, 0.717) is 29.3 Å². The van der Waals surface area contributed by atoms with E-state index in [9.17, 15) is 10.1 Å². The average Bonchev–Trinajstić information content (AvgIpc) is 2.66. The van der Waals surface area contributed by atoms with Crippen LogP contribution in [0, 0.1) is 16.7 Å². The van der Waals surface area contributed by atoms with Crippen molar-refractivity contribution in [1.29, 1.82) is 5.26 Å². The predicted molar refractivity (Wildman–Crippen MR) is 67.1 cm³/mol. The summed E-state index contributed by atoms with van der Waals surface area (Å²) in [6.07, 6.45) is 2.38. The van der Waals surface area contributed by atoms with E-state index < -0.39 is 5.41 Å². The van der Waals surface area contributed by atoms with Crippen LogP contribution in [0.15, 0.2) is 18.2 Å². The monoisotopic (exact) mass is 267 g/mol. The van der Waals surface area contributed by atoms with Crippen LogP contribution in [0.4, 0.5) is 0 Å². The third-order valence-electron chi connectivity index (χ3n) is 3.25. The van der Waals surface area contributed by atoms with Crippen molar-refractivity contribution in [3.8, 4) is 6.07 Å². The fraction of sp³-hybridized carbons (Fsp3) is 0.385. The first-order valence-electron chi connectivity index (χ1n) is 5.46. The number of ketones is 1. The Hall–Kier alpha value is -1.04. The summed E-state index contributed by atoms with van der Waals surface area (Å²) < 4.78 is 0. The summed E-state index contributed by atoms with van der Waals surface area (Å²) in [5, 5.41) is 10.2. The van der Waals surface area contributed by atoms with Crippen molar-refractivity contribution in [2.24, 2.45) is 5.41 Å². The Morgan fingerprint density at radius 2 is 2.12 bits per heavy atom.